The number of carbonyl (C=O) groups excluding carboxylic acids is 2. The molecule has 0 spiro atoms. The van der Waals surface area contributed by atoms with Crippen LogP contribution in [0.4, 0.5) is 5.69 Å². The van der Waals surface area contributed by atoms with Gasteiger partial charge >= 0.3 is 0 Å². The molecule has 0 saturated heterocycles. The summed E-state index contributed by atoms with van der Waals surface area (Å²) in [5.74, 6) is -0.772. The molecule has 0 unspecified atom stereocenters. The zero-order chi connectivity index (χ0) is 26.7. The predicted octanol–water partition coefficient (Wildman–Crippen LogP) is 4.25. The highest BCUT2D eigenvalue weighted by atomic mass is 32.2. The normalized spacial score (nSPS) is 12.7. The van der Waals surface area contributed by atoms with E-state index in [0.29, 0.717) is 5.69 Å². The summed E-state index contributed by atoms with van der Waals surface area (Å²) in [6.45, 7) is 8.98. The number of rotatable bonds is 8. The van der Waals surface area contributed by atoms with E-state index in [9.17, 15) is 18.0 Å². The monoisotopic (exact) mass is 509 g/mol. The molecule has 0 bridgehead atoms. The van der Waals surface area contributed by atoms with E-state index < -0.39 is 34.1 Å². The zero-order valence-corrected chi connectivity index (χ0v) is 22.6. The van der Waals surface area contributed by atoms with Crippen LogP contribution in [0.25, 0.3) is 10.8 Å². The van der Waals surface area contributed by atoms with Crippen molar-refractivity contribution in [2.45, 2.75) is 52.7 Å². The van der Waals surface area contributed by atoms with Crippen molar-refractivity contribution in [2.24, 2.45) is 0 Å². The second-order valence-electron chi connectivity index (χ2n) is 10.2. The van der Waals surface area contributed by atoms with E-state index in [2.05, 4.69) is 5.32 Å². The lowest BCUT2D eigenvalue weighted by molar-refractivity contribution is -0.140. The molecule has 1 atom stereocenters. The summed E-state index contributed by atoms with van der Waals surface area (Å²) in [4.78, 5) is 28.2. The number of carbonyl (C=O) groups is 2. The van der Waals surface area contributed by atoms with Gasteiger partial charge in [-0.25, -0.2) is 8.42 Å². The smallest absolute Gasteiger partial charge is 0.244 e. The Hall–Kier alpha value is -3.39. The van der Waals surface area contributed by atoms with Gasteiger partial charge in [0.2, 0.25) is 21.8 Å². The third-order valence-electron chi connectivity index (χ3n) is 5.82. The molecule has 0 aromatic heterocycles. The Bertz CT molecular complexity index is 1360. The average molecular weight is 510 g/mol. The number of nitrogens with zero attached hydrogens (tertiary/aromatic N) is 2. The van der Waals surface area contributed by atoms with Gasteiger partial charge in [0.15, 0.2) is 0 Å². The SMILES string of the molecule is Cc1cccc(CN(C(=O)CN(c2cccc3ccccc23)S(C)(=O)=O)[C@H](C)C(=O)NC(C)(C)C)c1. The number of sulfonamides is 1. The van der Waals surface area contributed by atoms with Crippen LogP contribution >= 0.6 is 0 Å². The summed E-state index contributed by atoms with van der Waals surface area (Å²) in [6, 6.07) is 19.7. The van der Waals surface area contributed by atoms with Gasteiger partial charge in [0, 0.05) is 17.5 Å². The van der Waals surface area contributed by atoms with E-state index in [1.54, 1.807) is 19.1 Å². The maximum Gasteiger partial charge on any atom is 0.244 e. The number of fused-ring (bicyclic) bond motifs is 1. The first kappa shape index (κ1) is 27.2. The van der Waals surface area contributed by atoms with Crippen LogP contribution in [0.15, 0.2) is 66.7 Å². The van der Waals surface area contributed by atoms with Gasteiger partial charge in [-0.05, 0) is 51.6 Å². The summed E-state index contributed by atoms with van der Waals surface area (Å²) in [7, 11) is -3.81. The molecule has 0 aliphatic carbocycles. The molecule has 0 heterocycles. The van der Waals surface area contributed by atoms with Crippen molar-refractivity contribution < 1.29 is 18.0 Å². The van der Waals surface area contributed by atoms with Crippen LogP contribution in [0.5, 0.6) is 0 Å². The summed E-state index contributed by atoms with van der Waals surface area (Å²) in [5, 5.41) is 4.52. The highest BCUT2D eigenvalue weighted by Gasteiger charge is 2.31. The zero-order valence-electron chi connectivity index (χ0n) is 21.8. The third-order valence-corrected chi connectivity index (χ3v) is 6.94. The quantitative estimate of drug-likeness (QED) is 0.492. The number of benzene rings is 3. The standard InChI is InChI=1S/C28H35N3O4S/c1-20-11-9-12-22(17-20)18-30(21(2)27(33)29-28(3,4)5)26(32)19-31(36(6,34)35)25-16-10-14-23-13-7-8-15-24(23)25/h7-17,21H,18-19H2,1-6H3,(H,29,33)/t21-/m1/s1. The van der Waals surface area contributed by atoms with Crippen molar-refractivity contribution >= 4 is 38.3 Å². The van der Waals surface area contributed by atoms with E-state index in [-0.39, 0.29) is 12.5 Å². The minimum atomic E-state index is -3.81. The lowest BCUT2D eigenvalue weighted by Gasteiger charge is -2.33. The molecular formula is C28H35N3O4S. The Morgan fingerprint density at radius 2 is 1.61 bits per heavy atom. The van der Waals surface area contributed by atoms with Crippen LogP contribution in [-0.4, -0.2) is 49.5 Å². The maximum atomic E-state index is 13.8. The first-order valence-electron chi connectivity index (χ1n) is 11.9. The van der Waals surface area contributed by atoms with Gasteiger partial charge in [-0.3, -0.25) is 13.9 Å². The van der Waals surface area contributed by atoms with E-state index >= 15 is 0 Å². The molecule has 0 aliphatic heterocycles. The number of nitrogens with one attached hydrogen (secondary N) is 1. The van der Waals surface area contributed by atoms with E-state index in [1.807, 2.05) is 82.3 Å². The van der Waals surface area contributed by atoms with Crippen molar-refractivity contribution in [1.29, 1.82) is 0 Å². The topological polar surface area (TPSA) is 86.8 Å². The fraction of sp³-hybridized carbons (Fsp3) is 0.357. The van der Waals surface area contributed by atoms with Gasteiger partial charge in [-0.2, -0.15) is 0 Å². The Balaban J connectivity index is 2.00. The molecule has 0 aliphatic rings. The summed E-state index contributed by atoms with van der Waals surface area (Å²) >= 11 is 0. The number of amides is 2. The second kappa shape index (κ2) is 10.7. The highest BCUT2D eigenvalue weighted by molar-refractivity contribution is 7.92. The molecule has 7 nitrogen and oxygen atoms in total. The van der Waals surface area contributed by atoms with Crippen LogP contribution < -0.4 is 9.62 Å². The first-order chi connectivity index (χ1) is 16.8. The lowest BCUT2D eigenvalue weighted by atomic mass is 10.1. The molecule has 3 aromatic rings. The van der Waals surface area contributed by atoms with Crippen molar-refractivity contribution in [3.05, 3.63) is 77.9 Å². The molecule has 2 amide bonds. The minimum absolute atomic E-state index is 0.173. The largest absolute Gasteiger partial charge is 0.350 e. The van der Waals surface area contributed by atoms with Crippen LogP contribution in [-0.2, 0) is 26.2 Å². The predicted molar refractivity (Wildman–Crippen MR) is 145 cm³/mol. The van der Waals surface area contributed by atoms with Crippen molar-refractivity contribution in [1.82, 2.24) is 10.2 Å². The van der Waals surface area contributed by atoms with Crippen molar-refractivity contribution in [3.8, 4) is 0 Å². The molecule has 3 aromatic carbocycles. The Morgan fingerprint density at radius 3 is 2.25 bits per heavy atom. The minimum Gasteiger partial charge on any atom is -0.350 e. The van der Waals surface area contributed by atoms with Gasteiger partial charge < -0.3 is 10.2 Å². The molecule has 1 N–H and O–H groups in total. The summed E-state index contributed by atoms with van der Waals surface area (Å²) in [6.07, 6.45) is 1.09. The Labute approximate surface area is 214 Å². The van der Waals surface area contributed by atoms with Crippen LogP contribution in [0, 0.1) is 6.92 Å². The van der Waals surface area contributed by atoms with Crippen LogP contribution in [0.2, 0.25) is 0 Å². The fourth-order valence-electron chi connectivity index (χ4n) is 4.08. The van der Waals surface area contributed by atoms with Crippen LogP contribution in [0.3, 0.4) is 0 Å². The third kappa shape index (κ3) is 6.85. The first-order valence-corrected chi connectivity index (χ1v) is 13.7. The van der Waals surface area contributed by atoms with Gasteiger partial charge in [-0.15, -0.1) is 0 Å². The molecular weight excluding hydrogens is 474 g/mol. The number of hydrogen-bond acceptors (Lipinski definition) is 4. The van der Waals surface area contributed by atoms with E-state index in [1.165, 1.54) is 4.90 Å². The van der Waals surface area contributed by atoms with Gasteiger partial charge in [-0.1, -0.05) is 66.2 Å². The Morgan fingerprint density at radius 1 is 0.972 bits per heavy atom. The summed E-state index contributed by atoms with van der Waals surface area (Å²) < 4.78 is 26.9. The second-order valence-corrected chi connectivity index (χ2v) is 12.1. The van der Waals surface area contributed by atoms with Crippen molar-refractivity contribution in [2.75, 3.05) is 17.1 Å². The van der Waals surface area contributed by atoms with Gasteiger partial charge in [0.25, 0.3) is 0 Å². The summed E-state index contributed by atoms with van der Waals surface area (Å²) in [5.41, 5.74) is 1.83. The highest BCUT2D eigenvalue weighted by Crippen LogP contribution is 2.28. The number of hydrogen-bond donors (Lipinski definition) is 1. The average Bonchev–Trinajstić information content (AvgIpc) is 2.78. The molecule has 0 saturated carbocycles. The Kier molecular flexibility index (Phi) is 8.09. The fourth-order valence-corrected chi connectivity index (χ4v) is 4.95. The number of anilines is 1. The van der Waals surface area contributed by atoms with Gasteiger partial charge in [0.1, 0.15) is 12.6 Å². The maximum absolute atomic E-state index is 13.8. The molecule has 192 valence electrons. The molecule has 8 heteroatoms. The molecule has 36 heavy (non-hydrogen) atoms. The lowest BCUT2D eigenvalue weighted by Crippen LogP contribution is -2.54. The van der Waals surface area contributed by atoms with Crippen LogP contribution in [0.1, 0.15) is 38.8 Å². The van der Waals surface area contributed by atoms with E-state index in [0.717, 1.165) is 32.5 Å². The molecule has 0 fully saturated rings. The van der Waals surface area contributed by atoms with Gasteiger partial charge in [0.05, 0.1) is 11.9 Å². The molecule has 0 radical (unpaired) electrons. The number of aryl methyl sites for hydroxylation is 1. The van der Waals surface area contributed by atoms with E-state index in [4.69, 9.17) is 0 Å². The molecule has 3 rings (SSSR count). The van der Waals surface area contributed by atoms with Crippen molar-refractivity contribution in [3.63, 3.8) is 0 Å².